The molecule has 0 saturated carbocycles. The summed E-state index contributed by atoms with van der Waals surface area (Å²) < 4.78 is 27.3. The molecule has 2 atom stereocenters. The molecule has 1 heterocycles. The summed E-state index contributed by atoms with van der Waals surface area (Å²) in [6, 6.07) is 14.6. The molecule has 0 aliphatic carbocycles. The van der Waals surface area contributed by atoms with Crippen molar-refractivity contribution in [2.45, 2.75) is 38.0 Å². The highest BCUT2D eigenvalue weighted by molar-refractivity contribution is 7.88. The second kappa shape index (κ2) is 10.1. The monoisotopic (exact) mass is 468 g/mol. The van der Waals surface area contributed by atoms with Gasteiger partial charge in [0.1, 0.15) is 0 Å². The number of nitrogens with zero attached hydrogens (tertiary/aromatic N) is 1. The Morgan fingerprint density at radius 2 is 1.90 bits per heavy atom. The van der Waals surface area contributed by atoms with Crippen LogP contribution in [0.25, 0.3) is 0 Å². The number of halogens is 2. The average molecular weight is 469 g/mol. The highest BCUT2D eigenvalue weighted by Gasteiger charge is 2.33. The van der Waals surface area contributed by atoms with E-state index in [1.54, 1.807) is 18.2 Å². The Bertz CT molecular complexity index is 983. The minimum absolute atomic E-state index is 0.0816. The van der Waals surface area contributed by atoms with Gasteiger partial charge in [-0.2, -0.15) is 0 Å². The first kappa shape index (κ1) is 23.1. The highest BCUT2D eigenvalue weighted by Crippen LogP contribution is 2.26. The molecular weight excluding hydrogens is 443 g/mol. The molecule has 1 aliphatic rings. The smallest absolute Gasteiger partial charge is 0.224 e. The van der Waals surface area contributed by atoms with Gasteiger partial charge in [0.2, 0.25) is 15.9 Å². The van der Waals surface area contributed by atoms with Crippen molar-refractivity contribution in [2.75, 3.05) is 13.1 Å². The van der Waals surface area contributed by atoms with Gasteiger partial charge < -0.3 is 5.32 Å². The minimum atomic E-state index is -3.57. The lowest BCUT2D eigenvalue weighted by Gasteiger charge is -2.32. The number of nitrogens with one attached hydrogen (secondary N) is 1. The fourth-order valence-electron chi connectivity index (χ4n) is 3.74. The Hall–Kier alpha value is -1.60. The third kappa shape index (κ3) is 5.76. The van der Waals surface area contributed by atoms with E-state index in [1.165, 1.54) is 4.31 Å². The molecule has 1 saturated heterocycles. The van der Waals surface area contributed by atoms with Crippen LogP contribution < -0.4 is 5.32 Å². The molecule has 1 amide bonds. The van der Waals surface area contributed by atoms with Gasteiger partial charge in [0.05, 0.1) is 27.8 Å². The summed E-state index contributed by atoms with van der Waals surface area (Å²) in [5.41, 5.74) is 1.62. The van der Waals surface area contributed by atoms with E-state index < -0.39 is 10.0 Å². The second-order valence-electron chi connectivity index (χ2n) is 7.58. The van der Waals surface area contributed by atoms with Crippen molar-refractivity contribution < 1.29 is 13.2 Å². The normalized spacial score (nSPS) is 18.7. The van der Waals surface area contributed by atoms with Crippen LogP contribution in [0.5, 0.6) is 0 Å². The number of piperidine rings is 1. The van der Waals surface area contributed by atoms with Gasteiger partial charge >= 0.3 is 0 Å². The van der Waals surface area contributed by atoms with Gasteiger partial charge in [0, 0.05) is 13.1 Å². The minimum Gasteiger partial charge on any atom is -0.349 e. The summed E-state index contributed by atoms with van der Waals surface area (Å²) in [6.07, 6.45) is 2.10. The molecule has 1 aliphatic heterocycles. The molecule has 2 aromatic carbocycles. The maximum Gasteiger partial charge on any atom is 0.224 e. The van der Waals surface area contributed by atoms with Crippen molar-refractivity contribution in [2.24, 2.45) is 5.92 Å². The van der Waals surface area contributed by atoms with E-state index in [9.17, 15) is 13.2 Å². The SMILES string of the molecule is CC[C@H](NC(=O)[C@@H]1CCCN(S(=O)(=O)Cc2ccc(Cl)c(Cl)c2)C1)c1ccccc1. The molecule has 1 fully saturated rings. The molecule has 0 spiro atoms. The first-order valence-corrected chi connectivity index (χ1v) is 12.4. The Kier molecular flexibility index (Phi) is 7.80. The van der Waals surface area contributed by atoms with Crippen LogP contribution in [0, 0.1) is 5.92 Å². The summed E-state index contributed by atoms with van der Waals surface area (Å²) in [6.45, 7) is 2.64. The molecule has 0 aromatic heterocycles. The summed E-state index contributed by atoms with van der Waals surface area (Å²) >= 11 is 11.9. The van der Waals surface area contributed by atoms with Crippen molar-refractivity contribution in [1.82, 2.24) is 9.62 Å². The van der Waals surface area contributed by atoms with Gasteiger partial charge in [-0.15, -0.1) is 0 Å². The van der Waals surface area contributed by atoms with Crippen molar-refractivity contribution in [3.63, 3.8) is 0 Å². The van der Waals surface area contributed by atoms with Crippen LogP contribution >= 0.6 is 23.2 Å². The number of sulfonamides is 1. The van der Waals surface area contributed by atoms with E-state index in [0.29, 0.717) is 35.0 Å². The summed E-state index contributed by atoms with van der Waals surface area (Å²) in [5, 5.41) is 3.81. The van der Waals surface area contributed by atoms with E-state index in [0.717, 1.165) is 12.0 Å². The first-order chi connectivity index (χ1) is 14.3. The van der Waals surface area contributed by atoms with Crippen molar-refractivity contribution in [3.05, 3.63) is 69.7 Å². The van der Waals surface area contributed by atoms with Gasteiger partial charge in [0.25, 0.3) is 0 Å². The lowest BCUT2D eigenvalue weighted by atomic mass is 9.97. The van der Waals surface area contributed by atoms with Crippen molar-refractivity contribution in [1.29, 1.82) is 0 Å². The molecule has 3 rings (SSSR count). The van der Waals surface area contributed by atoms with Gasteiger partial charge in [-0.3, -0.25) is 4.79 Å². The zero-order valence-electron chi connectivity index (χ0n) is 16.9. The Morgan fingerprint density at radius 3 is 2.57 bits per heavy atom. The first-order valence-electron chi connectivity index (χ1n) is 10.1. The standard InChI is InChI=1S/C22H26Cl2N2O3S/c1-2-21(17-7-4-3-5-8-17)25-22(27)18-9-6-12-26(14-18)30(28,29)15-16-10-11-19(23)20(24)13-16/h3-5,7-8,10-11,13,18,21H,2,6,9,12,14-15H2,1H3,(H,25,27)/t18-,21+/m1/s1. The number of amides is 1. The Labute approximate surface area is 188 Å². The summed E-state index contributed by atoms with van der Waals surface area (Å²) in [5.74, 6) is -0.625. The third-order valence-electron chi connectivity index (χ3n) is 5.41. The molecular formula is C22H26Cl2N2O3S. The Morgan fingerprint density at radius 1 is 1.17 bits per heavy atom. The molecule has 162 valence electrons. The molecule has 2 aromatic rings. The lowest BCUT2D eigenvalue weighted by molar-refractivity contribution is -0.126. The lowest BCUT2D eigenvalue weighted by Crippen LogP contribution is -2.46. The number of carbonyl (C=O) groups is 1. The number of hydrogen-bond acceptors (Lipinski definition) is 3. The van der Waals surface area contributed by atoms with E-state index in [-0.39, 0.29) is 30.2 Å². The zero-order valence-corrected chi connectivity index (χ0v) is 19.2. The maximum absolute atomic E-state index is 12.9. The fraction of sp³-hybridized carbons (Fsp3) is 0.409. The summed E-state index contributed by atoms with van der Waals surface area (Å²) in [7, 11) is -3.57. The predicted molar refractivity (Wildman–Crippen MR) is 121 cm³/mol. The van der Waals surface area contributed by atoms with Crippen molar-refractivity contribution >= 4 is 39.1 Å². The molecule has 5 nitrogen and oxygen atoms in total. The van der Waals surface area contributed by atoms with Gasteiger partial charge in [0.15, 0.2) is 0 Å². The Balaban J connectivity index is 1.66. The molecule has 0 radical (unpaired) electrons. The van der Waals surface area contributed by atoms with Crippen LogP contribution in [-0.2, 0) is 20.6 Å². The molecule has 0 bridgehead atoms. The fourth-order valence-corrected chi connectivity index (χ4v) is 5.65. The van der Waals surface area contributed by atoms with Gasteiger partial charge in [-0.25, -0.2) is 12.7 Å². The van der Waals surface area contributed by atoms with Crippen LogP contribution in [-0.4, -0.2) is 31.7 Å². The number of benzene rings is 2. The number of rotatable bonds is 7. The average Bonchev–Trinajstić information content (AvgIpc) is 2.75. The van der Waals surface area contributed by atoms with E-state index in [1.807, 2.05) is 37.3 Å². The van der Waals surface area contributed by atoms with E-state index in [2.05, 4.69) is 5.32 Å². The second-order valence-corrected chi connectivity index (χ2v) is 10.4. The highest BCUT2D eigenvalue weighted by atomic mass is 35.5. The van der Waals surface area contributed by atoms with Crippen LogP contribution in [0.15, 0.2) is 48.5 Å². The van der Waals surface area contributed by atoms with Gasteiger partial charge in [-0.05, 0) is 42.5 Å². The van der Waals surface area contributed by atoms with Crippen LogP contribution in [0.3, 0.4) is 0 Å². The van der Waals surface area contributed by atoms with Crippen molar-refractivity contribution in [3.8, 4) is 0 Å². The van der Waals surface area contributed by atoms with Crippen LogP contribution in [0.1, 0.15) is 43.4 Å². The largest absolute Gasteiger partial charge is 0.349 e. The van der Waals surface area contributed by atoms with Crippen LogP contribution in [0.4, 0.5) is 0 Å². The number of hydrogen-bond donors (Lipinski definition) is 1. The molecule has 8 heteroatoms. The molecule has 0 unspecified atom stereocenters. The van der Waals surface area contributed by atoms with E-state index >= 15 is 0 Å². The summed E-state index contributed by atoms with van der Waals surface area (Å²) in [4.78, 5) is 12.9. The number of carbonyl (C=O) groups excluding carboxylic acids is 1. The maximum atomic E-state index is 12.9. The van der Waals surface area contributed by atoms with E-state index in [4.69, 9.17) is 23.2 Å². The third-order valence-corrected chi connectivity index (χ3v) is 7.96. The quantitative estimate of drug-likeness (QED) is 0.634. The van der Waals surface area contributed by atoms with Gasteiger partial charge in [-0.1, -0.05) is 66.5 Å². The zero-order chi connectivity index (χ0) is 21.7. The van der Waals surface area contributed by atoms with Crippen LogP contribution in [0.2, 0.25) is 10.0 Å². The molecule has 30 heavy (non-hydrogen) atoms. The molecule has 1 N–H and O–H groups in total. The predicted octanol–water partition coefficient (Wildman–Crippen LogP) is 4.80. The topological polar surface area (TPSA) is 66.5 Å².